The number of benzene rings is 2. The van der Waals surface area contributed by atoms with Gasteiger partial charge < -0.3 is 15.0 Å². The molecular formula is C22H25N3O2. The van der Waals surface area contributed by atoms with Crippen LogP contribution >= 0.6 is 0 Å². The van der Waals surface area contributed by atoms with Crippen molar-refractivity contribution < 1.29 is 9.53 Å². The second-order valence-corrected chi connectivity index (χ2v) is 6.74. The largest absolute Gasteiger partial charge is 0.494 e. The molecule has 0 bridgehead atoms. The van der Waals surface area contributed by atoms with E-state index in [4.69, 9.17) is 4.74 Å². The number of fused-ring (bicyclic) bond motifs is 1. The van der Waals surface area contributed by atoms with Crippen molar-refractivity contribution >= 4 is 22.5 Å². The van der Waals surface area contributed by atoms with Gasteiger partial charge in [-0.15, -0.1) is 0 Å². The first-order valence-electron chi connectivity index (χ1n) is 8.98. The molecular weight excluding hydrogens is 338 g/mol. The molecule has 0 radical (unpaired) electrons. The van der Waals surface area contributed by atoms with Gasteiger partial charge in [0.15, 0.2) is 0 Å². The van der Waals surface area contributed by atoms with Crippen molar-refractivity contribution in [3.05, 3.63) is 65.4 Å². The zero-order chi connectivity index (χ0) is 19.4. The normalized spacial score (nSPS) is 10.7. The SMILES string of the molecule is COc1cccc2c(NCCc3cccc(C(=O)N(C)C)c3)cc(C)nc12. The summed E-state index contributed by atoms with van der Waals surface area (Å²) < 4.78 is 5.44. The number of methoxy groups -OCH3 is 1. The number of carbonyl (C=O) groups excluding carboxylic acids is 1. The number of anilines is 1. The lowest BCUT2D eigenvalue weighted by Gasteiger charge is -2.13. The Morgan fingerprint density at radius 2 is 1.93 bits per heavy atom. The van der Waals surface area contributed by atoms with Gasteiger partial charge in [0.1, 0.15) is 11.3 Å². The standard InChI is InChI=1S/C22H25N3O2/c1-15-13-19(18-9-6-10-20(27-4)21(18)24-15)23-12-11-16-7-5-8-17(14-16)22(26)25(2)3/h5-10,13-14H,11-12H2,1-4H3,(H,23,24). The topological polar surface area (TPSA) is 54.5 Å². The summed E-state index contributed by atoms with van der Waals surface area (Å²) >= 11 is 0. The van der Waals surface area contributed by atoms with Crippen LogP contribution in [0.25, 0.3) is 10.9 Å². The van der Waals surface area contributed by atoms with Crippen molar-refractivity contribution in [2.45, 2.75) is 13.3 Å². The van der Waals surface area contributed by atoms with Crippen molar-refractivity contribution in [3.8, 4) is 5.75 Å². The fraction of sp³-hybridized carbons (Fsp3) is 0.273. The maximum absolute atomic E-state index is 12.1. The smallest absolute Gasteiger partial charge is 0.253 e. The Morgan fingerprint density at radius 1 is 1.15 bits per heavy atom. The average Bonchev–Trinajstić information content (AvgIpc) is 2.67. The Labute approximate surface area is 160 Å². The predicted octanol–water partition coefficient (Wildman–Crippen LogP) is 3.91. The summed E-state index contributed by atoms with van der Waals surface area (Å²) in [6.45, 7) is 2.74. The number of nitrogens with one attached hydrogen (secondary N) is 1. The Hall–Kier alpha value is -3.08. The molecule has 27 heavy (non-hydrogen) atoms. The summed E-state index contributed by atoms with van der Waals surface area (Å²) in [5, 5.41) is 4.55. The summed E-state index contributed by atoms with van der Waals surface area (Å²) in [5.74, 6) is 0.793. The Morgan fingerprint density at radius 3 is 2.67 bits per heavy atom. The first-order chi connectivity index (χ1) is 13.0. The number of ether oxygens (including phenoxy) is 1. The summed E-state index contributed by atoms with van der Waals surface area (Å²) in [4.78, 5) is 18.3. The van der Waals surface area contributed by atoms with Crippen LogP contribution in [-0.4, -0.2) is 43.5 Å². The van der Waals surface area contributed by atoms with Gasteiger partial charge in [-0.05, 0) is 43.2 Å². The van der Waals surface area contributed by atoms with Crippen LogP contribution in [0, 0.1) is 6.92 Å². The highest BCUT2D eigenvalue weighted by Gasteiger charge is 2.10. The minimum atomic E-state index is 0.0210. The molecule has 1 N–H and O–H groups in total. The van der Waals surface area contributed by atoms with E-state index in [1.54, 1.807) is 26.1 Å². The van der Waals surface area contributed by atoms with Crippen LogP contribution in [0.4, 0.5) is 5.69 Å². The van der Waals surface area contributed by atoms with Crippen molar-refractivity contribution in [3.63, 3.8) is 0 Å². The fourth-order valence-corrected chi connectivity index (χ4v) is 3.12. The van der Waals surface area contributed by atoms with Crippen molar-refractivity contribution in [1.82, 2.24) is 9.88 Å². The van der Waals surface area contributed by atoms with Gasteiger partial charge in [-0.25, -0.2) is 4.98 Å². The van der Waals surface area contributed by atoms with Gasteiger partial charge in [0.05, 0.1) is 7.11 Å². The molecule has 0 unspecified atom stereocenters. The summed E-state index contributed by atoms with van der Waals surface area (Å²) in [5.41, 5.74) is 4.68. The van der Waals surface area contributed by atoms with Gasteiger partial charge in [0.2, 0.25) is 0 Å². The first kappa shape index (κ1) is 18.7. The Kier molecular flexibility index (Phi) is 5.60. The highest BCUT2D eigenvalue weighted by Crippen LogP contribution is 2.29. The van der Waals surface area contributed by atoms with Gasteiger partial charge in [0, 0.05) is 43.0 Å². The lowest BCUT2D eigenvalue weighted by molar-refractivity contribution is 0.0827. The molecule has 2 aromatic carbocycles. The number of hydrogen-bond acceptors (Lipinski definition) is 4. The number of amides is 1. The van der Waals surface area contributed by atoms with Crippen LogP contribution in [0.3, 0.4) is 0 Å². The maximum Gasteiger partial charge on any atom is 0.253 e. The number of carbonyl (C=O) groups is 1. The molecule has 0 aliphatic rings. The Balaban J connectivity index is 1.76. The number of nitrogens with zero attached hydrogens (tertiary/aromatic N) is 2. The Bertz CT molecular complexity index is 967. The van der Waals surface area contributed by atoms with Crippen molar-refractivity contribution in [1.29, 1.82) is 0 Å². The average molecular weight is 363 g/mol. The summed E-state index contributed by atoms with van der Waals surface area (Å²) in [6.07, 6.45) is 0.821. The number of aromatic nitrogens is 1. The second kappa shape index (κ2) is 8.08. The minimum Gasteiger partial charge on any atom is -0.494 e. The van der Waals surface area contributed by atoms with E-state index in [0.29, 0.717) is 5.56 Å². The third-order valence-corrected chi connectivity index (χ3v) is 4.46. The fourth-order valence-electron chi connectivity index (χ4n) is 3.12. The molecule has 3 rings (SSSR count). The number of hydrogen-bond donors (Lipinski definition) is 1. The monoisotopic (exact) mass is 363 g/mol. The van der Waals surface area contributed by atoms with Gasteiger partial charge in [-0.2, -0.15) is 0 Å². The molecule has 0 atom stereocenters. The molecule has 1 aromatic heterocycles. The quantitative estimate of drug-likeness (QED) is 0.721. The molecule has 0 saturated heterocycles. The molecule has 3 aromatic rings. The lowest BCUT2D eigenvalue weighted by Crippen LogP contribution is -2.21. The zero-order valence-electron chi connectivity index (χ0n) is 16.2. The first-order valence-corrected chi connectivity index (χ1v) is 8.98. The third-order valence-electron chi connectivity index (χ3n) is 4.46. The molecule has 0 saturated carbocycles. The number of pyridine rings is 1. The van der Waals surface area contributed by atoms with E-state index >= 15 is 0 Å². The number of rotatable bonds is 6. The molecule has 5 heteroatoms. The van der Waals surface area contributed by atoms with Crippen LogP contribution in [0.1, 0.15) is 21.6 Å². The van der Waals surface area contributed by atoms with Crippen LogP contribution in [-0.2, 0) is 6.42 Å². The maximum atomic E-state index is 12.1. The van der Waals surface area contributed by atoms with E-state index in [2.05, 4.69) is 10.3 Å². The van der Waals surface area contributed by atoms with E-state index in [0.717, 1.165) is 46.6 Å². The third kappa shape index (κ3) is 4.19. The molecule has 0 aliphatic carbocycles. The minimum absolute atomic E-state index is 0.0210. The van der Waals surface area contributed by atoms with E-state index in [-0.39, 0.29) is 5.91 Å². The van der Waals surface area contributed by atoms with Gasteiger partial charge in [-0.3, -0.25) is 4.79 Å². The molecule has 0 fully saturated rings. The number of aryl methyl sites for hydroxylation is 1. The summed E-state index contributed by atoms with van der Waals surface area (Å²) in [7, 11) is 5.19. The van der Waals surface area contributed by atoms with E-state index in [1.165, 1.54) is 0 Å². The number of para-hydroxylation sites is 1. The van der Waals surface area contributed by atoms with E-state index in [9.17, 15) is 4.79 Å². The van der Waals surface area contributed by atoms with Crippen LogP contribution < -0.4 is 10.1 Å². The second-order valence-electron chi connectivity index (χ2n) is 6.74. The predicted molar refractivity (Wildman–Crippen MR) is 110 cm³/mol. The molecule has 1 heterocycles. The molecule has 140 valence electrons. The molecule has 0 aliphatic heterocycles. The van der Waals surface area contributed by atoms with Crippen LogP contribution in [0.2, 0.25) is 0 Å². The molecule has 0 spiro atoms. The molecule has 5 nitrogen and oxygen atoms in total. The lowest BCUT2D eigenvalue weighted by atomic mass is 10.1. The van der Waals surface area contributed by atoms with Gasteiger partial charge in [-0.1, -0.05) is 24.3 Å². The van der Waals surface area contributed by atoms with Crippen molar-refractivity contribution in [2.75, 3.05) is 33.1 Å². The summed E-state index contributed by atoms with van der Waals surface area (Å²) in [6, 6.07) is 15.8. The molecule has 1 amide bonds. The van der Waals surface area contributed by atoms with E-state index in [1.807, 2.05) is 55.5 Å². The van der Waals surface area contributed by atoms with Crippen LogP contribution in [0.15, 0.2) is 48.5 Å². The highest BCUT2D eigenvalue weighted by molar-refractivity contribution is 5.95. The zero-order valence-corrected chi connectivity index (χ0v) is 16.2. The van der Waals surface area contributed by atoms with Gasteiger partial charge >= 0.3 is 0 Å². The van der Waals surface area contributed by atoms with Crippen molar-refractivity contribution in [2.24, 2.45) is 0 Å². The highest BCUT2D eigenvalue weighted by atomic mass is 16.5. The van der Waals surface area contributed by atoms with Crippen LogP contribution in [0.5, 0.6) is 5.75 Å². The van der Waals surface area contributed by atoms with E-state index < -0.39 is 0 Å². The van der Waals surface area contributed by atoms with Gasteiger partial charge in [0.25, 0.3) is 5.91 Å².